The summed E-state index contributed by atoms with van der Waals surface area (Å²) in [5.41, 5.74) is 0. The van der Waals surface area contributed by atoms with E-state index >= 15 is 0 Å². The number of aliphatic hydroxyl groups is 1. The Balaban J connectivity index is 3.83. The molecule has 0 aliphatic heterocycles. The number of ether oxygens (including phenoxy) is 2. The summed E-state index contributed by atoms with van der Waals surface area (Å²) >= 11 is 0. The second-order valence-corrected chi connectivity index (χ2v) is 1.89. The molecule has 1 unspecified atom stereocenters. The van der Waals surface area contributed by atoms with Gasteiger partial charge >= 0.3 is 11.9 Å². The third-order valence-corrected chi connectivity index (χ3v) is 0.843. The van der Waals surface area contributed by atoms with Crippen molar-refractivity contribution in [2.24, 2.45) is 0 Å². The highest BCUT2D eigenvalue weighted by Gasteiger charge is 2.02. The lowest BCUT2D eigenvalue weighted by atomic mass is 10.5. The van der Waals surface area contributed by atoms with E-state index in [4.69, 9.17) is 5.11 Å². The molecule has 0 aromatic heterocycles. The molecule has 0 aliphatic carbocycles. The molecule has 1 atom stereocenters. The first-order valence-corrected chi connectivity index (χ1v) is 3.21. The first kappa shape index (κ1) is 10.6. The minimum Gasteiger partial charge on any atom is -0.466 e. The zero-order valence-corrected chi connectivity index (χ0v) is 6.81. The van der Waals surface area contributed by atoms with Gasteiger partial charge in [0.25, 0.3) is 0 Å². The maximum Gasteiger partial charge on any atom is 0.333 e. The SMILES string of the molecule is COC(=O)/C=C\C(=O)OC(C)O. The second kappa shape index (κ2) is 5.31. The molecule has 0 saturated carbocycles. The van der Waals surface area contributed by atoms with E-state index in [2.05, 4.69) is 9.47 Å². The van der Waals surface area contributed by atoms with Crippen LogP contribution in [0.4, 0.5) is 0 Å². The number of hydrogen-bond acceptors (Lipinski definition) is 5. The molecule has 0 heterocycles. The fraction of sp³-hybridized carbons (Fsp3) is 0.429. The molecule has 0 radical (unpaired) electrons. The third-order valence-electron chi connectivity index (χ3n) is 0.843. The van der Waals surface area contributed by atoms with Gasteiger partial charge in [-0.3, -0.25) is 0 Å². The van der Waals surface area contributed by atoms with Crippen molar-refractivity contribution in [3.8, 4) is 0 Å². The molecule has 5 nitrogen and oxygen atoms in total. The zero-order valence-electron chi connectivity index (χ0n) is 6.81. The monoisotopic (exact) mass is 174 g/mol. The summed E-state index contributed by atoms with van der Waals surface area (Å²) in [4.78, 5) is 21.0. The van der Waals surface area contributed by atoms with Gasteiger partial charge in [0.1, 0.15) is 0 Å². The van der Waals surface area contributed by atoms with E-state index in [1.165, 1.54) is 14.0 Å². The molecule has 1 N–H and O–H groups in total. The van der Waals surface area contributed by atoms with Crippen LogP contribution < -0.4 is 0 Å². The third kappa shape index (κ3) is 5.43. The van der Waals surface area contributed by atoms with E-state index in [0.29, 0.717) is 0 Å². The summed E-state index contributed by atoms with van der Waals surface area (Å²) in [7, 11) is 1.19. The number of esters is 2. The first-order chi connectivity index (χ1) is 5.56. The van der Waals surface area contributed by atoms with Gasteiger partial charge in [0.15, 0.2) is 6.29 Å². The largest absolute Gasteiger partial charge is 0.466 e. The van der Waals surface area contributed by atoms with Crippen molar-refractivity contribution in [3.63, 3.8) is 0 Å². The molecule has 0 fully saturated rings. The van der Waals surface area contributed by atoms with Crippen LogP contribution in [-0.2, 0) is 19.1 Å². The molecule has 5 heteroatoms. The van der Waals surface area contributed by atoms with Gasteiger partial charge in [-0.05, 0) is 6.92 Å². The van der Waals surface area contributed by atoms with E-state index in [1.54, 1.807) is 0 Å². The van der Waals surface area contributed by atoms with Crippen molar-refractivity contribution in [3.05, 3.63) is 12.2 Å². The lowest BCUT2D eigenvalue weighted by Crippen LogP contribution is -2.11. The maximum absolute atomic E-state index is 10.6. The summed E-state index contributed by atoms with van der Waals surface area (Å²) in [6, 6.07) is 0. The fourth-order valence-corrected chi connectivity index (χ4v) is 0.412. The van der Waals surface area contributed by atoms with Crippen LogP contribution in [0.5, 0.6) is 0 Å². The summed E-state index contributed by atoms with van der Waals surface area (Å²) in [5, 5.41) is 8.55. The number of carbonyl (C=O) groups is 2. The normalized spacial score (nSPS) is 12.6. The number of carbonyl (C=O) groups excluding carboxylic acids is 2. The Bertz CT molecular complexity index is 194. The highest BCUT2D eigenvalue weighted by molar-refractivity contribution is 5.91. The van der Waals surface area contributed by atoms with E-state index in [1.807, 2.05) is 0 Å². The van der Waals surface area contributed by atoms with Crippen LogP contribution in [0, 0.1) is 0 Å². The quantitative estimate of drug-likeness (QED) is 0.358. The van der Waals surface area contributed by atoms with Crippen molar-refractivity contribution in [2.45, 2.75) is 13.2 Å². The smallest absolute Gasteiger partial charge is 0.333 e. The number of methoxy groups -OCH3 is 1. The highest BCUT2D eigenvalue weighted by Crippen LogP contribution is 1.88. The minimum absolute atomic E-state index is 0.655. The Labute approximate surface area is 69.6 Å². The Morgan fingerprint density at radius 1 is 1.33 bits per heavy atom. The van der Waals surface area contributed by atoms with Crippen molar-refractivity contribution < 1.29 is 24.2 Å². The van der Waals surface area contributed by atoms with Gasteiger partial charge in [-0.25, -0.2) is 9.59 Å². The average molecular weight is 174 g/mol. The van der Waals surface area contributed by atoms with Crippen LogP contribution in [0.3, 0.4) is 0 Å². The molecular formula is C7H10O5. The average Bonchev–Trinajstić information content (AvgIpc) is 1.99. The Kier molecular flexibility index (Phi) is 4.71. The van der Waals surface area contributed by atoms with Crippen LogP contribution in [-0.4, -0.2) is 30.4 Å². The molecule has 0 amide bonds. The molecule has 0 aromatic rings. The van der Waals surface area contributed by atoms with Crippen LogP contribution in [0.1, 0.15) is 6.92 Å². The Hall–Kier alpha value is -1.36. The molecule has 0 rings (SSSR count). The summed E-state index contributed by atoms with van der Waals surface area (Å²) < 4.78 is 8.48. The maximum atomic E-state index is 10.6. The van der Waals surface area contributed by atoms with Gasteiger partial charge in [0, 0.05) is 12.2 Å². The van der Waals surface area contributed by atoms with E-state index in [-0.39, 0.29) is 0 Å². The number of aliphatic hydroxyl groups excluding tert-OH is 1. The minimum atomic E-state index is -1.18. The highest BCUT2D eigenvalue weighted by atomic mass is 16.6. The van der Waals surface area contributed by atoms with Gasteiger partial charge in [0.2, 0.25) is 0 Å². The Morgan fingerprint density at radius 2 is 1.83 bits per heavy atom. The number of hydrogen-bond donors (Lipinski definition) is 1. The molecule has 0 bridgehead atoms. The van der Waals surface area contributed by atoms with Gasteiger partial charge < -0.3 is 14.6 Å². The zero-order chi connectivity index (χ0) is 9.56. The summed E-state index contributed by atoms with van der Waals surface area (Å²) in [6.07, 6.45) is 0.600. The standard InChI is InChI=1S/C7H10O5/c1-5(8)12-7(10)4-3-6(9)11-2/h3-5,8H,1-2H3/b4-3-. The van der Waals surface area contributed by atoms with Gasteiger partial charge in [-0.2, -0.15) is 0 Å². The van der Waals surface area contributed by atoms with Crippen molar-refractivity contribution in [1.82, 2.24) is 0 Å². The second-order valence-electron chi connectivity index (χ2n) is 1.89. The first-order valence-electron chi connectivity index (χ1n) is 3.21. The van der Waals surface area contributed by atoms with Gasteiger partial charge in [-0.1, -0.05) is 0 Å². The van der Waals surface area contributed by atoms with Crippen LogP contribution in [0.15, 0.2) is 12.2 Å². The molecule has 0 aliphatic rings. The summed E-state index contributed by atoms with van der Waals surface area (Å²) in [5.74, 6) is -1.45. The van der Waals surface area contributed by atoms with E-state index < -0.39 is 18.2 Å². The molecule has 12 heavy (non-hydrogen) atoms. The predicted octanol–water partition coefficient (Wildman–Crippen LogP) is -0.403. The van der Waals surface area contributed by atoms with Crippen LogP contribution in [0.2, 0.25) is 0 Å². The lowest BCUT2D eigenvalue weighted by Gasteiger charge is -2.02. The van der Waals surface area contributed by atoms with E-state index in [9.17, 15) is 9.59 Å². The van der Waals surface area contributed by atoms with Crippen molar-refractivity contribution in [2.75, 3.05) is 7.11 Å². The summed E-state index contributed by atoms with van der Waals surface area (Å²) in [6.45, 7) is 1.28. The van der Waals surface area contributed by atoms with Crippen LogP contribution in [0.25, 0.3) is 0 Å². The fourth-order valence-electron chi connectivity index (χ4n) is 0.412. The molecule has 68 valence electrons. The van der Waals surface area contributed by atoms with Crippen molar-refractivity contribution in [1.29, 1.82) is 0 Å². The van der Waals surface area contributed by atoms with Gasteiger partial charge in [0.05, 0.1) is 7.11 Å². The lowest BCUT2D eigenvalue weighted by molar-refractivity contribution is -0.158. The number of rotatable bonds is 3. The predicted molar refractivity (Wildman–Crippen MR) is 38.9 cm³/mol. The topological polar surface area (TPSA) is 72.8 Å². The molecule has 0 spiro atoms. The van der Waals surface area contributed by atoms with Crippen LogP contribution >= 0.6 is 0 Å². The Morgan fingerprint density at radius 3 is 2.25 bits per heavy atom. The van der Waals surface area contributed by atoms with Crippen molar-refractivity contribution >= 4 is 11.9 Å². The molecule has 0 saturated heterocycles. The molecule has 0 aromatic carbocycles. The molecular weight excluding hydrogens is 164 g/mol. The van der Waals surface area contributed by atoms with Gasteiger partial charge in [-0.15, -0.1) is 0 Å². The van der Waals surface area contributed by atoms with E-state index in [0.717, 1.165) is 12.2 Å².